The minimum Gasteiger partial charge on any atom is -0.444 e. The molecule has 154 valence electrons. The molecule has 2 aromatic rings. The Morgan fingerprint density at radius 1 is 0.897 bits per heavy atom. The van der Waals surface area contributed by atoms with Gasteiger partial charge in [-0.15, -0.1) is 0 Å². The van der Waals surface area contributed by atoms with Crippen molar-refractivity contribution in [2.75, 3.05) is 17.2 Å². The third-order valence-corrected chi connectivity index (χ3v) is 3.92. The number of halogens is 1. The predicted molar refractivity (Wildman–Crippen MR) is 113 cm³/mol. The van der Waals surface area contributed by atoms with Gasteiger partial charge in [0.2, 0.25) is 11.8 Å². The van der Waals surface area contributed by atoms with Crippen molar-refractivity contribution >= 4 is 40.9 Å². The Morgan fingerprint density at radius 3 is 2.00 bits per heavy atom. The van der Waals surface area contributed by atoms with E-state index in [1.54, 1.807) is 63.2 Å². The van der Waals surface area contributed by atoms with Crippen LogP contribution in [-0.4, -0.2) is 30.1 Å². The molecular formula is C21H24ClN3O4. The molecule has 0 saturated carbocycles. The van der Waals surface area contributed by atoms with Crippen LogP contribution in [0, 0.1) is 0 Å². The molecule has 0 atom stereocenters. The maximum atomic E-state index is 12.2. The van der Waals surface area contributed by atoms with Crippen molar-refractivity contribution in [1.29, 1.82) is 0 Å². The van der Waals surface area contributed by atoms with Crippen LogP contribution in [0.25, 0.3) is 0 Å². The molecule has 0 saturated heterocycles. The number of carbonyl (C=O) groups is 3. The van der Waals surface area contributed by atoms with Gasteiger partial charge in [0.1, 0.15) is 12.1 Å². The Labute approximate surface area is 174 Å². The highest BCUT2D eigenvalue weighted by Crippen LogP contribution is 2.17. The first-order valence-electron chi connectivity index (χ1n) is 9.02. The van der Waals surface area contributed by atoms with Crippen molar-refractivity contribution in [3.05, 3.63) is 59.1 Å². The molecular weight excluding hydrogens is 394 g/mol. The molecule has 0 unspecified atom stereocenters. The Hall–Kier alpha value is -3.06. The molecule has 0 heterocycles. The third-order valence-electron chi connectivity index (χ3n) is 3.55. The molecule has 0 aliphatic heterocycles. The van der Waals surface area contributed by atoms with E-state index in [2.05, 4.69) is 16.0 Å². The van der Waals surface area contributed by atoms with Crippen LogP contribution >= 0.6 is 11.6 Å². The minimum atomic E-state index is -0.663. The van der Waals surface area contributed by atoms with Gasteiger partial charge in [0, 0.05) is 16.4 Å². The van der Waals surface area contributed by atoms with Gasteiger partial charge in [-0.3, -0.25) is 9.59 Å². The normalized spacial score (nSPS) is 10.8. The number of benzene rings is 2. The van der Waals surface area contributed by atoms with E-state index in [-0.39, 0.29) is 18.9 Å². The highest BCUT2D eigenvalue weighted by molar-refractivity contribution is 6.31. The number of nitrogens with one attached hydrogen (secondary N) is 3. The Kier molecular flexibility index (Phi) is 7.61. The van der Waals surface area contributed by atoms with Crippen LogP contribution < -0.4 is 16.0 Å². The zero-order valence-electron chi connectivity index (χ0n) is 16.5. The van der Waals surface area contributed by atoms with Gasteiger partial charge in [0.05, 0.1) is 6.42 Å². The van der Waals surface area contributed by atoms with E-state index in [0.29, 0.717) is 16.4 Å². The van der Waals surface area contributed by atoms with Crippen LogP contribution in [0.5, 0.6) is 0 Å². The lowest BCUT2D eigenvalue weighted by molar-refractivity contribution is -0.116. The second-order valence-corrected chi connectivity index (χ2v) is 7.70. The average molecular weight is 418 g/mol. The van der Waals surface area contributed by atoms with E-state index >= 15 is 0 Å². The summed E-state index contributed by atoms with van der Waals surface area (Å²) in [5.74, 6) is -0.595. The molecule has 2 rings (SSSR count). The quantitative estimate of drug-likeness (QED) is 0.662. The molecule has 7 nitrogen and oxygen atoms in total. The van der Waals surface area contributed by atoms with Gasteiger partial charge in [-0.25, -0.2) is 4.79 Å². The van der Waals surface area contributed by atoms with Crippen LogP contribution in [0.15, 0.2) is 48.5 Å². The van der Waals surface area contributed by atoms with Gasteiger partial charge in [-0.05, 0) is 56.7 Å². The maximum absolute atomic E-state index is 12.2. The summed E-state index contributed by atoms with van der Waals surface area (Å²) >= 11 is 6.06. The standard InChI is InChI=1S/C21H24ClN3O4/c1-21(2,3)29-20(28)23-13-19(27)25-16-10-8-15(9-11-16)24-18(26)12-14-6-4-5-7-17(14)22/h4-11H,12-13H2,1-3H3,(H,23,28)(H,24,26)(H,25,27). The van der Waals surface area contributed by atoms with Crippen molar-refractivity contribution in [3.8, 4) is 0 Å². The zero-order valence-corrected chi connectivity index (χ0v) is 17.3. The third kappa shape index (κ3) is 8.23. The highest BCUT2D eigenvalue weighted by atomic mass is 35.5. The summed E-state index contributed by atoms with van der Waals surface area (Å²) in [6.45, 7) is 5.00. The molecule has 0 fully saturated rings. The van der Waals surface area contributed by atoms with E-state index in [1.165, 1.54) is 0 Å². The van der Waals surface area contributed by atoms with Crippen molar-refractivity contribution in [2.24, 2.45) is 0 Å². The summed E-state index contributed by atoms with van der Waals surface area (Å²) < 4.78 is 5.06. The van der Waals surface area contributed by atoms with E-state index in [1.807, 2.05) is 6.07 Å². The van der Waals surface area contributed by atoms with Gasteiger partial charge < -0.3 is 20.7 Å². The molecule has 0 aliphatic rings. The summed E-state index contributed by atoms with van der Waals surface area (Å²) in [7, 11) is 0. The molecule has 0 aromatic heterocycles. The maximum Gasteiger partial charge on any atom is 0.408 e. The number of ether oxygens (including phenoxy) is 1. The molecule has 2 aromatic carbocycles. The molecule has 0 spiro atoms. The number of alkyl carbamates (subject to hydrolysis) is 1. The van der Waals surface area contributed by atoms with Gasteiger partial charge >= 0.3 is 6.09 Å². The van der Waals surface area contributed by atoms with Crippen LogP contribution in [0.1, 0.15) is 26.3 Å². The monoisotopic (exact) mass is 417 g/mol. The zero-order chi connectivity index (χ0) is 21.4. The summed E-state index contributed by atoms with van der Waals surface area (Å²) in [5, 5.41) is 8.35. The lowest BCUT2D eigenvalue weighted by Crippen LogP contribution is -2.37. The molecule has 0 aliphatic carbocycles. The summed E-state index contributed by atoms with van der Waals surface area (Å²) in [6, 6.07) is 13.8. The number of hydrogen-bond acceptors (Lipinski definition) is 4. The van der Waals surface area contributed by atoms with Gasteiger partial charge in [0.25, 0.3) is 0 Å². The molecule has 0 radical (unpaired) electrons. The van der Waals surface area contributed by atoms with Crippen molar-refractivity contribution in [3.63, 3.8) is 0 Å². The smallest absolute Gasteiger partial charge is 0.408 e. The lowest BCUT2D eigenvalue weighted by Gasteiger charge is -2.19. The fraction of sp³-hybridized carbons (Fsp3) is 0.286. The fourth-order valence-corrected chi connectivity index (χ4v) is 2.53. The summed E-state index contributed by atoms with van der Waals surface area (Å²) in [5.41, 5.74) is 1.23. The van der Waals surface area contributed by atoms with Gasteiger partial charge in [-0.1, -0.05) is 29.8 Å². The first kappa shape index (κ1) is 22.2. The number of hydrogen-bond donors (Lipinski definition) is 3. The van der Waals surface area contributed by atoms with Crippen molar-refractivity contribution in [2.45, 2.75) is 32.8 Å². The van der Waals surface area contributed by atoms with Crippen LogP contribution in [0.3, 0.4) is 0 Å². The van der Waals surface area contributed by atoms with Crippen LogP contribution in [0.2, 0.25) is 5.02 Å². The minimum absolute atomic E-state index is 0.161. The Bertz CT molecular complexity index is 876. The van der Waals surface area contributed by atoms with Crippen molar-refractivity contribution in [1.82, 2.24) is 5.32 Å². The highest BCUT2D eigenvalue weighted by Gasteiger charge is 2.16. The Morgan fingerprint density at radius 2 is 1.45 bits per heavy atom. The van der Waals surface area contributed by atoms with Crippen LogP contribution in [-0.2, 0) is 20.7 Å². The van der Waals surface area contributed by atoms with Gasteiger partial charge in [-0.2, -0.15) is 0 Å². The van der Waals surface area contributed by atoms with Crippen molar-refractivity contribution < 1.29 is 19.1 Å². The first-order valence-corrected chi connectivity index (χ1v) is 9.40. The molecule has 29 heavy (non-hydrogen) atoms. The predicted octanol–water partition coefficient (Wildman–Crippen LogP) is 3.98. The number of carbonyl (C=O) groups excluding carboxylic acids is 3. The lowest BCUT2D eigenvalue weighted by atomic mass is 10.1. The second kappa shape index (κ2) is 9.93. The van der Waals surface area contributed by atoms with E-state index in [0.717, 1.165) is 5.56 Å². The first-order chi connectivity index (χ1) is 13.6. The van der Waals surface area contributed by atoms with E-state index < -0.39 is 17.6 Å². The summed E-state index contributed by atoms with van der Waals surface area (Å²) in [6.07, 6.45) is -0.502. The SMILES string of the molecule is CC(C)(C)OC(=O)NCC(=O)Nc1ccc(NC(=O)Cc2ccccc2Cl)cc1. The number of anilines is 2. The fourth-order valence-electron chi connectivity index (χ4n) is 2.33. The summed E-state index contributed by atoms with van der Waals surface area (Å²) in [4.78, 5) is 35.6. The van der Waals surface area contributed by atoms with Gasteiger partial charge in [0.15, 0.2) is 0 Å². The second-order valence-electron chi connectivity index (χ2n) is 7.30. The average Bonchev–Trinajstić information content (AvgIpc) is 2.62. The van der Waals surface area contributed by atoms with E-state index in [4.69, 9.17) is 16.3 Å². The Balaban J connectivity index is 1.80. The molecule has 3 amide bonds. The van der Waals surface area contributed by atoms with Crippen LogP contribution in [0.4, 0.5) is 16.2 Å². The number of amides is 3. The number of rotatable bonds is 6. The molecule has 8 heteroatoms. The molecule has 3 N–H and O–H groups in total. The largest absolute Gasteiger partial charge is 0.444 e. The van der Waals surface area contributed by atoms with E-state index in [9.17, 15) is 14.4 Å². The molecule has 0 bridgehead atoms. The topological polar surface area (TPSA) is 96.5 Å².